The summed E-state index contributed by atoms with van der Waals surface area (Å²) in [7, 11) is 0. The SMILES string of the molecule is CC(C)CN1C(=O)CCC(C(=O)N2CCC(Cc3ccccc3)CC2)C1C. The Morgan fingerprint density at radius 1 is 1.11 bits per heavy atom. The lowest BCUT2D eigenvalue weighted by molar-refractivity contribution is -0.148. The first-order chi connectivity index (χ1) is 13.0. The molecular formula is C23H34N2O2. The van der Waals surface area contributed by atoms with Crippen molar-refractivity contribution >= 4 is 11.8 Å². The molecule has 2 heterocycles. The number of benzene rings is 1. The molecule has 2 unspecified atom stereocenters. The second-order valence-electron chi connectivity index (χ2n) is 8.78. The fraction of sp³-hybridized carbons (Fsp3) is 0.652. The number of carbonyl (C=O) groups is 2. The molecule has 2 saturated heterocycles. The molecule has 1 aromatic carbocycles. The average molecular weight is 371 g/mol. The van der Waals surface area contributed by atoms with E-state index < -0.39 is 0 Å². The third kappa shape index (κ3) is 4.91. The summed E-state index contributed by atoms with van der Waals surface area (Å²) in [4.78, 5) is 29.5. The number of piperidine rings is 2. The Morgan fingerprint density at radius 3 is 2.41 bits per heavy atom. The molecule has 0 bridgehead atoms. The quantitative estimate of drug-likeness (QED) is 0.792. The minimum Gasteiger partial charge on any atom is -0.342 e. The maximum absolute atomic E-state index is 13.2. The van der Waals surface area contributed by atoms with Crippen LogP contribution in [0, 0.1) is 17.8 Å². The molecule has 3 rings (SSSR count). The third-order valence-electron chi connectivity index (χ3n) is 6.24. The number of nitrogens with zero attached hydrogens (tertiary/aromatic N) is 2. The predicted molar refractivity (Wildman–Crippen MR) is 108 cm³/mol. The highest BCUT2D eigenvalue weighted by molar-refractivity contribution is 5.84. The minimum atomic E-state index is -0.0351. The molecule has 27 heavy (non-hydrogen) atoms. The second kappa shape index (κ2) is 8.90. The van der Waals surface area contributed by atoms with E-state index in [4.69, 9.17) is 0 Å². The van der Waals surface area contributed by atoms with Gasteiger partial charge in [-0.3, -0.25) is 9.59 Å². The Hall–Kier alpha value is -1.84. The van der Waals surface area contributed by atoms with E-state index in [1.165, 1.54) is 5.56 Å². The maximum atomic E-state index is 13.2. The minimum absolute atomic E-state index is 0.0168. The lowest BCUT2D eigenvalue weighted by Gasteiger charge is -2.42. The predicted octanol–water partition coefficient (Wildman–Crippen LogP) is 3.75. The molecular weight excluding hydrogens is 336 g/mol. The number of amides is 2. The van der Waals surface area contributed by atoms with E-state index in [9.17, 15) is 9.59 Å². The van der Waals surface area contributed by atoms with Gasteiger partial charge in [-0.2, -0.15) is 0 Å². The van der Waals surface area contributed by atoms with Gasteiger partial charge in [-0.1, -0.05) is 44.2 Å². The molecule has 2 fully saturated rings. The van der Waals surface area contributed by atoms with Gasteiger partial charge in [0.25, 0.3) is 0 Å². The highest BCUT2D eigenvalue weighted by Gasteiger charge is 2.39. The van der Waals surface area contributed by atoms with E-state index in [0.29, 0.717) is 24.7 Å². The van der Waals surface area contributed by atoms with Crippen molar-refractivity contribution in [1.29, 1.82) is 0 Å². The molecule has 4 nitrogen and oxygen atoms in total. The van der Waals surface area contributed by atoms with Gasteiger partial charge in [0.05, 0.1) is 5.92 Å². The lowest BCUT2D eigenvalue weighted by atomic mass is 9.86. The number of rotatable bonds is 5. The number of carbonyl (C=O) groups excluding carboxylic acids is 2. The summed E-state index contributed by atoms with van der Waals surface area (Å²) in [6.07, 6.45) is 4.49. The van der Waals surface area contributed by atoms with Crippen LogP contribution in [0.4, 0.5) is 0 Å². The van der Waals surface area contributed by atoms with E-state index in [1.54, 1.807) is 0 Å². The van der Waals surface area contributed by atoms with Crippen LogP contribution in [-0.2, 0) is 16.0 Å². The standard InChI is InChI=1S/C23H34N2O2/c1-17(2)16-25-18(3)21(9-10-22(25)26)23(27)24-13-11-20(12-14-24)15-19-7-5-4-6-8-19/h4-8,17-18,20-21H,9-16H2,1-3H3. The number of likely N-dealkylation sites (tertiary alicyclic amines) is 2. The average Bonchev–Trinajstić information content (AvgIpc) is 2.66. The van der Waals surface area contributed by atoms with Crippen LogP contribution < -0.4 is 0 Å². The lowest BCUT2D eigenvalue weighted by Crippen LogP contribution is -2.54. The molecule has 4 heteroatoms. The summed E-state index contributed by atoms with van der Waals surface area (Å²) in [6.45, 7) is 8.79. The van der Waals surface area contributed by atoms with Gasteiger partial charge in [0.15, 0.2) is 0 Å². The van der Waals surface area contributed by atoms with Crippen LogP contribution in [0.25, 0.3) is 0 Å². The van der Waals surface area contributed by atoms with Gasteiger partial charge in [-0.15, -0.1) is 0 Å². The smallest absolute Gasteiger partial charge is 0.227 e. The highest BCUT2D eigenvalue weighted by Crippen LogP contribution is 2.29. The van der Waals surface area contributed by atoms with Crippen LogP contribution in [0.5, 0.6) is 0 Å². The van der Waals surface area contributed by atoms with Gasteiger partial charge in [0, 0.05) is 32.1 Å². The first-order valence-electron chi connectivity index (χ1n) is 10.6. The fourth-order valence-electron chi connectivity index (χ4n) is 4.64. The van der Waals surface area contributed by atoms with Crippen LogP contribution in [0.2, 0.25) is 0 Å². The normalized spacial score (nSPS) is 24.5. The highest BCUT2D eigenvalue weighted by atomic mass is 16.2. The summed E-state index contributed by atoms with van der Waals surface area (Å²) < 4.78 is 0. The van der Waals surface area contributed by atoms with E-state index in [2.05, 4.69) is 56.0 Å². The first-order valence-corrected chi connectivity index (χ1v) is 10.6. The van der Waals surface area contributed by atoms with Crippen molar-refractivity contribution in [2.45, 2.75) is 58.9 Å². The zero-order chi connectivity index (χ0) is 19.4. The van der Waals surface area contributed by atoms with E-state index in [0.717, 1.165) is 38.9 Å². The maximum Gasteiger partial charge on any atom is 0.227 e. The topological polar surface area (TPSA) is 40.6 Å². The van der Waals surface area contributed by atoms with Gasteiger partial charge < -0.3 is 9.80 Å². The summed E-state index contributed by atoms with van der Waals surface area (Å²) >= 11 is 0. The summed E-state index contributed by atoms with van der Waals surface area (Å²) in [6, 6.07) is 10.7. The van der Waals surface area contributed by atoms with Crippen molar-refractivity contribution in [3.8, 4) is 0 Å². The molecule has 0 N–H and O–H groups in total. The molecule has 2 aliphatic heterocycles. The van der Waals surface area contributed by atoms with E-state index >= 15 is 0 Å². The second-order valence-corrected chi connectivity index (χ2v) is 8.78. The molecule has 1 aromatic rings. The van der Waals surface area contributed by atoms with Gasteiger partial charge >= 0.3 is 0 Å². The zero-order valence-electron chi connectivity index (χ0n) is 17.1. The van der Waals surface area contributed by atoms with E-state index in [1.807, 2.05) is 4.90 Å². The summed E-state index contributed by atoms with van der Waals surface area (Å²) in [5, 5.41) is 0. The molecule has 2 amide bonds. The monoisotopic (exact) mass is 370 g/mol. The molecule has 148 valence electrons. The Labute approximate surface area is 163 Å². The van der Waals surface area contributed by atoms with Crippen LogP contribution in [0.1, 0.15) is 52.0 Å². The van der Waals surface area contributed by atoms with Gasteiger partial charge in [-0.25, -0.2) is 0 Å². The molecule has 0 spiro atoms. The van der Waals surface area contributed by atoms with Gasteiger partial charge in [-0.05, 0) is 50.0 Å². The molecule has 2 aliphatic rings. The molecule has 0 saturated carbocycles. The molecule has 0 radical (unpaired) electrons. The van der Waals surface area contributed by atoms with Crippen molar-refractivity contribution < 1.29 is 9.59 Å². The Bertz CT molecular complexity index is 635. The Balaban J connectivity index is 1.54. The number of hydrogen-bond donors (Lipinski definition) is 0. The van der Waals surface area contributed by atoms with Crippen LogP contribution in [0.3, 0.4) is 0 Å². The van der Waals surface area contributed by atoms with Crippen molar-refractivity contribution in [1.82, 2.24) is 9.80 Å². The van der Waals surface area contributed by atoms with Crippen molar-refractivity contribution in [2.24, 2.45) is 17.8 Å². The Morgan fingerprint density at radius 2 is 1.78 bits per heavy atom. The van der Waals surface area contributed by atoms with Crippen molar-refractivity contribution in [3.05, 3.63) is 35.9 Å². The largest absolute Gasteiger partial charge is 0.342 e. The zero-order valence-corrected chi connectivity index (χ0v) is 17.1. The van der Waals surface area contributed by atoms with E-state index in [-0.39, 0.29) is 23.8 Å². The third-order valence-corrected chi connectivity index (χ3v) is 6.24. The van der Waals surface area contributed by atoms with Crippen molar-refractivity contribution in [2.75, 3.05) is 19.6 Å². The summed E-state index contributed by atoms with van der Waals surface area (Å²) in [5.41, 5.74) is 1.39. The van der Waals surface area contributed by atoms with Crippen LogP contribution >= 0.6 is 0 Å². The van der Waals surface area contributed by atoms with Crippen LogP contribution in [-0.4, -0.2) is 47.3 Å². The molecule has 0 aromatic heterocycles. The van der Waals surface area contributed by atoms with Crippen LogP contribution in [0.15, 0.2) is 30.3 Å². The first kappa shape index (κ1) is 19.9. The Kier molecular flexibility index (Phi) is 6.56. The number of hydrogen-bond acceptors (Lipinski definition) is 2. The summed E-state index contributed by atoms with van der Waals surface area (Å²) in [5.74, 6) is 1.54. The van der Waals surface area contributed by atoms with Gasteiger partial charge in [0.1, 0.15) is 0 Å². The van der Waals surface area contributed by atoms with Gasteiger partial charge in [0.2, 0.25) is 11.8 Å². The molecule has 2 atom stereocenters. The molecule has 0 aliphatic carbocycles. The van der Waals surface area contributed by atoms with Crippen molar-refractivity contribution in [3.63, 3.8) is 0 Å². The fourth-order valence-corrected chi connectivity index (χ4v) is 4.64.